The van der Waals surface area contributed by atoms with E-state index in [4.69, 9.17) is 9.27 Å². The minimum absolute atomic E-state index is 0.386. The Kier molecular flexibility index (Phi) is 10.6. The maximum Gasteiger partial charge on any atom is 0.122 e. The minimum Gasteiger partial charge on any atom is -0.256 e. The summed E-state index contributed by atoms with van der Waals surface area (Å²) in [6, 6.07) is 17.0. The lowest BCUT2D eigenvalue weighted by Crippen LogP contribution is -2.23. The van der Waals surface area contributed by atoms with Crippen molar-refractivity contribution in [3.8, 4) is 0 Å². The van der Waals surface area contributed by atoms with Crippen LogP contribution in [0, 0.1) is 0 Å². The van der Waals surface area contributed by atoms with Crippen molar-refractivity contribution in [3.05, 3.63) is 131 Å². The molecule has 0 saturated heterocycles. The lowest BCUT2D eigenvalue weighted by molar-refractivity contribution is 0.341. The van der Waals surface area contributed by atoms with E-state index < -0.39 is 0 Å². The molecule has 3 aromatic rings. The smallest absolute Gasteiger partial charge is 0.122 e. The summed E-state index contributed by atoms with van der Waals surface area (Å²) in [5.74, 6) is 0.0210. The monoisotopic (exact) mass is 570 g/mol. The van der Waals surface area contributed by atoms with Crippen molar-refractivity contribution < 1.29 is 8.67 Å². The summed E-state index contributed by atoms with van der Waals surface area (Å²) in [7, 11) is 0. The van der Waals surface area contributed by atoms with Crippen LogP contribution in [0.3, 0.4) is 0 Å². The molecular formula is C34H35FN2OS2. The van der Waals surface area contributed by atoms with Gasteiger partial charge in [0.25, 0.3) is 0 Å². The molecule has 0 radical (unpaired) electrons. The summed E-state index contributed by atoms with van der Waals surface area (Å²) < 4.78 is 19.8. The SMILES string of the molecule is C=C/C(F)=C\C=C(/C)SON(CC1=CC(c2cc(C(C)C)cc3cccnc23)=CC=CC1)c1ccc(SC)cc1. The molecule has 3 nitrogen and oxygen atoms in total. The molecule has 0 unspecified atom stereocenters. The van der Waals surface area contributed by atoms with Gasteiger partial charge >= 0.3 is 0 Å². The summed E-state index contributed by atoms with van der Waals surface area (Å²) in [6.07, 6.45) is 17.7. The van der Waals surface area contributed by atoms with Gasteiger partial charge in [-0.3, -0.25) is 4.98 Å². The van der Waals surface area contributed by atoms with Crippen LogP contribution in [0.5, 0.6) is 0 Å². The quantitative estimate of drug-likeness (QED) is 0.0988. The predicted octanol–water partition coefficient (Wildman–Crippen LogP) is 10.4. The molecular weight excluding hydrogens is 536 g/mol. The summed E-state index contributed by atoms with van der Waals surface area (Å²) in [6.45, 7) is 10.3. The van der Waals surface area contributed by atoms with E-state index in [1.807, 2.05) is 24.3 Å². The van der Waals surface area contributed by atoms with E-state index in [1.54, 1.807) is 17.8 Å². The van der Waals surface area contributed by atoms with E-state index >= 15 is 0 Å². The molecule has 1 heterocycles. The van der Waals surface area contributed by atoms with E-state index in [9.17, 15) is 4.39 Å². The highest BCUT2D eigenvalue weighted by Gasteiger charge is 2.16. The Balaban J connectivity index is 1.67. The van der Waals surface area contributed by atoms with Gasteiger partial charge in [0.05, 0.1) is 29.8 Å². The normalized spacial score (nSPS) is 14.2. The Morgan fingerprint density at radius 2 is 1.98 bits per heavy atom. The van der Waals surface area contributed by atoms with E-state index in [-0.39, 0.29) is 5.83 Å². The van der Waals surface area contributed by atoms with Gasteiger partial charge in [-0.2, -0.15) is 4.28 Å². The molecule has 0 aliphatic heterocycles. The number of thioether (sulfide) groups is 1. The van der Waals surface area contributed by atoms with Crippen molar-refractivity contribution in [1.82, 2.24) is 4.98 Å². The Morgan fingerprint density at radius 3 is 2.70 bits per heavy atom. The number of anilines is 1. The number of nitrogens with zero attached hydrogens (tertiary/aromatic N) is 2. The average Bonchev–Trinajstić information content (AvgIpc) is 3.22. The zero-order valence-corrected chi connectivity index (χ0v) is 25.1. The molecule has 0 fully saturated rings. The van der Waals surface area contributed by atoms with Gasteiger partial charge in [-0.25, -0.2) is 9.45 Å². The predicted molar refractivity (Wildman–Crippen MR) is 173 cm³/mol. The molecule has 1 aliphatic carbocycles. The molecule has 0 atom stereocenters. The molecule has 0 saturated carbocycles. The maximum absolute atomic E-state index is 13.5. The van der Waals surface area contributed by atoms with E-state index in [0.29, 0.717) is 12.5 Å². The number of halogens is 1. The first-order chi connectivity index (χ1) is 19.4. The molecule has 206 valence electrons. The number of rotatable bonds is 11. The first kappa shape index (κ1) is 29.7. The van der Waals surface area contributed by atoms with Crippen molar-refractivity contribution in [1.29, 1.82) is 0 Å². The average molecular weight is 571 g/mol. The second-order valence-corrected chi connectivity index (χ2v) is 11.6. The third-order valence-corrected chi connectivity index (χ3v) is 7.89. The highest BCUT2D eigenvalue weighted by molar-refractivity contribution is 7.98. The van der Waals surface area contributed by atoms with Crippen molar-refractivity contribution >= 4 is 46.0 Å². The summed E-state index contributed by atoms with van der Waals surface area (Å²) in [5, 5.41) is 3.04. The molecule has 0 spiro atoms. The molecule has 4 rings (SSSR count). The summed E-state index contributed by atoms with van der Waals surface area (Å²) in [5.41, 5.74) is 6.69. The number of fused-ring (bicyclic) bond motifs is 1. The van der Waals surface area contributed by atoms with E-state index in [1.165, 1.54) is 40.2 Å². The Hall–Kier alpha value is -3.32. The maximum atomic E-state index is 13.5. The van der Waals surface area contributed by atoms with Crippen LogP contribution in [-0.4, -0.2) is 17.8 Å². The second kappa shape index (κ2) is 14.4. The zero-order valence-electron chi connectivity index (χ0n) is 23.4. The fraction of sp³-hybridized carbons (Fsp3) is 0.206. The van der Waals surface area contributed by atoms with Crippen LogP contribution in [0.2, 0.25) is 0 Å². The Bertz CT molecular complexity index is 1500. The highest BCUT2D eigenvalue weighted by Crippen LogP contribution is 2.33. The minimum atomic E-state index is -0.386. The molecule has 2 aromatic carbocycles. The van der Waals surface area contributed by atoms with Crippen LogP contribution >= 0.6 is 23.8 Å². The Labute approximate surface area is 246 Å². The van der Waals surface area contributed by atoms with Crippen LogP contribution in [0.4, 0.5) is 10.1 Å². The lowest BCUT2D eigenvalue weighted by atomic mass is 9.93. The van der Waals surface area contributed by atoms with Gasteiger partial charge in [0.2, 0.25) is 0 Å². The van der Waals surface area contributed by atoms with Crippen molar-refractivity contribution in [2.45, 2.75) is 38.0 Å². The third-order valence-electron chi connectivity index (χ3n) is 6.49. The standard InChI is InChI=1S/C34H35FN2OS2/c1-6-30(35)14-13-25(4)40-38-37(31-15-17-32(39-5)18-16-31)23-26-10-7-8-11-27(20-26)33-22-29(24(2)3)21-28-12-9-19-36-34(28)33/h6-9,11-22,24H,1,10,23H2,2-5H3/b25-13+,30-14+. The number of pyridine rings is 1. The van der Waals surface area contributed by atoms with Gasteiger partial charge in [-0.1, -0.05) is 50.8 Å². The summed E-state index contributed by atoms with van der Waals surface area (Å²) >= 11 is 2.91. The fourth-order valence-electron chi connectivity index (χ4n) is 4.25. The topological polar surface area (TPSA) is 25.4 Å². The molecule has 0 amide bonds. The van der Waals surface area contributed by atoms with Crippen molar-refractivity contribution in [3.63, 3.8) is 0 Å². The number of hydrogen-bond donors (Lipinski definition) is 0. The first-order valence-electron chi connectivity index (χ1n) is 13.3. The lowest BCUT2D eigenvalue weighted by Gasteiger charge is -2.24. The molecule has 0 bridgehead atoms. The van der Waals surface area contributed by atoms with E-state index in [2.05, 4.69) is 93.5 Å². The number of hydrogen-bond acceptors (Lipinski definition) is 5. The van der Waals surface area contributed by atoms with Crippen molar-refractivity contribution in [2.75, 3.05) is 17.9 Å². The zero-order chi connectivity index (χ0) is 28.5. The second-order valence-electron chi connectivity index (χ2n) is 9.78. The first-order valence-corrected chi connectivity index (χ1v) is 15.2. The molecule has 1 aliphatic rings. The van der Waals surface area contributed by atoms with Gasteiger partial charge in [-0.05, 0) is 103 Å². The van der Waals surface area contributed by atoms with Crippen LogP contribution < -0.4 is 5.06 Å². The van der Waals surface area contributed by atoms with Gasteiger partial charge in [0.1, 0.15) is 5.83 Å². The fourth-order valence-corrected chi connectivity index (χ4v) is 5.13. The van der Waals surface area contributed by atoms with Crippen LogP contribution in [-0.2, 0) is 4.28 Å². The number of hydroxylamine groups is 1. The van der Waals surface area contributed by atoms with Crippen LogP contribution in [0.1, 0.15) is 44.2 Å². The molecule has 1 aromatic heterocycles. The van der Waals surface area contributed by atoms with Crippen molar-refractivity contribution in [2.24, 2.45) is 0 Å². The number of aromatic nitrogens is 1. The van der Waals surface area contributed by atoms with Gasteiger partial charge < -0.3 is 0 Å². The number of allylic oxidation sites excluding steroid dienone is 10. The van der Waals surface area contributed by atoms with Crippen LogP contribution in [0.25, 0.3) is 16.5 Å². The van der Waals surface area contributed by atoms with Gasteiger partial charge in [0, 0.05) is 26.9 Å². The van der Waals surface area contributed by atoms with Crippen LogP contribution in [0.15, 0.2) is 125 Å². The van der Waals surface area contributed by atoms with Gasteiger partial charge in [-0.15, -0.1) is 11.8 Å². The molecule has 40 heavy (non-hydrogen) atoms. The molecule has 0 N–H and O–H groups in total. The largest absolute Gasteiger partial charge is 0.256 e. The highest BCUT2D eigenvalue weighted by atomic mass is 32.2. The Morgan fingerprint density at radius 1 is 1.18 bits per heavy atom. The van der Waals surface area contributed by atoms with Gasteiger partial charge in [0.15, 0.2) is 0 Å². The van der Waals surface area contributed by atoms with E-state index in [0.717, 1.165) is 39.1 Å². The molecule has 6 heteroatoms. The summed E-state index contributed by atoms with van der Waals surface area (Å²) in [4.78, 5) is 6.75. The number of benzene rings is 2. The third kappa shape index (κ3) is 7.87.